The summed E-state index contributed by atoms with van der Waals surface area (Å²) in [5, 5.41) is -1.92. The third-order valence-corrected chi connectivity index (χ3v) is 6.86. The number of hydrogen-bond acceptors (Lipinski definition) is 6. The number of Topliss-reactive ketones (excluding diaryl/α,β-unsaturated/α-hetero) is 2. The highest BCUT2D eigenvalue weighted by Crippen LogP contribution is 2.28. The van der Waals surface area contributed by atoms with Crippen LogP contribution < -0.4 is 0 Å². The van der Waals surface area contributed by atoms with E-state index in [0.717, 1.165) is 0 Å². The molecule has 0 aliphatic carbocycles. The van der Waals surface area contributed by atoms with Gasteiger partial charge in [-0.2, -0.15) is 0 Å². The lowest BCUT2D eigenvalue weighted by molar-refractivity contribution is -0.187. The summed E-state index contributed by atoms with van der Waals surface area (Å²) >= 11 is 24.6. The molecule has 0 fully saturated rings. The maximum absolute atomic E-state index is 12.8. The molecular formula is C24H22Cl4O6. The second-order valence-electron chi connectivity index (χ2n) is 8.09. The number of halogens is 4. The first-order valence-electron chi connectivity index (χ1n) is 10.2. The first-order valence-corrected chi connectivity index (χ1v) is 11.9. The summed E-state index contributed by atoms with van der Waals surface area (Å²) in [5.41, 5.74) is -0.779. The molecule has 2 unspecified atom stereocenters. The average molecular weight is 548 g/mol. The Hall–Kier alpha value is -2.12. The van der Waals surface area contributed by atoms with E-state index in [1.165, 1.54) is 36.4 Å². The molecule has 2 rings (SSSR count). The van der Waals surface area contributed by atoms with Crippen molar-refractivity contribution >= 4 is 69.9 Å². The van der Waals surface area contributed by atoms with Gasteiger partial charge in [-0.1, -0.05) is 63.0 Å². The Labute approximate surface area is 217 Å². The quantitative estimate of drug-likeness (QED) is 0.156. The summed E-state index contributed by atoms with van der Waals surface area (Å²) in [7, 11) is 0. The van der Waals surface area contributed by atoms with Crippen LogP contribution in [0.25, 0.3) is 0 Å². The Morgan fingerprint density at radius 1 is 0.647 bits per heavy atom. The molecule has 0 spiro atoms. The molecule has 182 valence electrons. The van der Waals surface area contributed by atoms with Gasteiger partial charge in [-0.05, 0) is 36.1 Å². The molecule has 2 aromatic rings. The van der Waals surface area contributed by atoms with Crippen molar-refractivity contribution in [1.82, 2.24) is 0 Å². The first-order chi connectivity index (χ1) is 15.9. The molecular weight excluding hydrogens is 526 g/mol. The summed E-state index contributed by atoms with van der Waals surface area (Å²) in [6.45, 7) is 6.95. The normalized spacial score (nSPS) is 12.9. The molecule has 34 heavy (non-hydrogen) atoms. The minimum atomic E-state index is -1.15. The Kier molecular flexibility index (Phi) is 9.95. The largest absolute Gasteiger partial charge is 0.387 e. The van der Waals surface area contributed by atoms with Crippen molar-refractivity contribution in [1.29, 1.82) is 0 Å². The monoisotopic (exact) mass is 546 g/mol. The fourth-order valence-electron chi connectivity index (χ4n) is 2.94. The first kappa shape index (κ1) is 28.1. The number of benzene rings is 2. The van der Waals surface area contributed by atoms with E-state index >= 15 is 0 Å². The van der Waals surface area contributed by atoms with E-state index < -0.39 is 34.3 Å². The standard InChI is InChI=1S/C24H22Cl4O6/c1-11(2)19(27)21(29)17-13(7-5-9-15(17)25)23(31)33-34-24(32)14-8-6-10-16(26)18(14)22(30)20(28)12(3)4/h5-12,19-20H,1-4H3. The molecule has 0 bridgehead atoms. The molecule has 0 saturated heterocycles. The highest BCUT2D eigenvalue weighted by Gasteiger charge is 2.31. The van der Waals surface area contributed by atoms with Crippen LogP contribution in [0.5, 0.6) is 0 Å². The van der Waals surface area contributed by atoms with Crippen LogP contribution in [-0.2, 0) is 9.78 Å². The van der Waals surface area contributed by atoms with Crippen LogP contribution in [-0.4, -0.2) is 34.3 Å². The lowest BCUT2D eigenvalue weighted by atomic mass is 9.96. The topological polar surface area (TPSA) is 86.7 Å². The molecule has 0 radical (unpaired) electrons. The van der Waals surface area contributed by atoms with Crippen molar-refractivity contribution in [3.63, 3.8) is 0 Å². The van der Waals surface area contributed by atoms with Gasteiger partial charge in [0.2, 0.25) is 0 Å². The zero-order valence-corrected chi connectivity index (χ0v) is 21.8. The number of rotatable bonds is 8. The predicted octanol–water partition coefficient (Wildman–Crippen LogP) is 6.81. The molecule has 10 heteroatoms. The van der Waals surface area contributed by atoms with Gasteiger partial charge < -0.3 is 0 Å². The lowest BCUT2D eigenvalue weighted by Crippen LogP contribution is -2.25. The minimum absolute atomic E-state index is 0.0124. The number of ketones is 2. The van der Waals surface area contributed by atoms with Crippen LogP contribution in [0.15, 0.2) is 36.4 Å². The van der Waals surface area contributed by atoms with Gasteiger partial charge in [0, 0.05) is 0 Å². The van der Waals surface area contributed by atoms with Crippen molar-refractivity contribution in [3.8, 4) is 0 Å². The number of carbonyl (C=O) groups excluding carboxylic acids is 4. The molecule has 6 nitrogen and oxygen atoms in total. The average Bonchev–Trinajstić information content (AvgIpc) is 2.79. The van der Waals surface area contributed by atoms with Crippen molar-refractivity contribution in [3.05, 3.63) is 68.7 Å². The number of carbonyl (C=O) groups is 4. The Balaban J connectivity index is 2.31. The molecule has 2 atom stereocenters. The second kappa shape index (κ2) is 12.0. The smallest absolute Gasteiger partial charge is 0.292 e. The van der Waals surface area contributed by atoms with Crippen molar-refractivity contribution in [2.75, 3.05) is 0 Å². The van der Waals surface area contributed by atoms with Gasteiger partial charge in [0.1, 0.15) is 0 Å². The second-order valence-corrected chi connectivity index (χ2v) is 9.84. The third kappa shape index (κ3) is 6.30. The molecule has 0 aliphatic rings. The predicted molar refractivity (Wildman–Crippen MR) is 131 cm³/mol. The molecule has 0 heterocycles. The van der Waals surface area contributed by atoms with Gasteiger partial charge in [0.25, 0.3) is 0 Å². The van der Waals surface area contributed by atoms with E-state index in [4.69, 9.17) is 46.4 Å². The molecule has 0 saturated carbocycles. The SMILES string of the molecule is CC(C)C(Cl)C(=O)c1c(Cl)cccc1C(=O)OOC(=O)c1cccc(Cl)c1C(=O)C(Cl)C(C)C. The molecule has 0 aliphatic heterocycles. The van der Waals surface area contributed by atoms with Crippen LogP contribution in [0.3, 0.4) is 0 Å². The van der Waals surface area contributed by atoms with Crippen molar-refractivity contribution in [2.24, 2.45) is 11.8 Å². The van der Waals surface area contributed by atoms with Gasteiger partial charge in [-0.15, -0.1) is 23.2 Å². The van der Waals surface area contributed by atoms with Crippen molar-refractivity contribution < 1.29 is 29.0 Å². The lowest BCUT2D eigenvalue weighted by Gasteiger charge is -2.16. The van der Waals surface area contributed by atoms with E-state index in [-0.39, 0.29) is 44.1 Å². The van der Waals surface area contributed by atoms with Crippen molar-refractivity contribution in [2.45, 2.75) is 38.4 Å². The molecule has 0 aromatic heterocycles. The molecule has 0 N–H and O–H groups in total. The summed E-state index contributed by atoms with van der Waals surface area (Å²) < 4.78 is 0. The number of alkyl halides is 2. The summed E-state index contributed by atoms with van der Waals surface area (Å²) in [6, 6.07) is 8.26. The third-order valence-electron chi connectivity index (χ3n) is 4.82. The van der Waals surface area contributed by atoms with Gasteiger partial charge in [-0.3, -0.25) is 9.59 Å². The van der Waals surface area contributed by atoms with Gasteiger partial charge in [0.15, 0.2) is 11.6 Å². The van der Waals surface area contributed by atoms with Crippen LogP contribution in [0.2, 0.25) is 10.0 Å². The van der Waals surface area contributed by atoms with E-state index in [2.05, 4.69) is 9.78 Å². The maximum Gasteiger partial charge on any atom is 0.387 e. The minimum Gasteiger partial charge on any atom is -0.292 e. The summed E-state index contributed by atoms with van der Waals surface area (Å²) in [6.07, 6.45) is 0. The van der Waals surface area contributed by atoms with E-state index in [9.17, 15) is 19.2 Å². The summed E-state index contributed by atoms with van der Waals surface area (Å²) in [5.74, 6) is -3.93. The Morgan fingerprint density at radius 2 is 0.971 bits per heavy atom. The molecule has 2 aromatic carbocycles. The highest BCUT2D eigenvalue weighted by molar-refractivity contribution is 6.41. The maximum atomic E-state index is 12.8. The highest BCUT2D eigenvalue weighted by atomic mass is 35.5. The van der Waals surface area contributed by atoms with E-state index in [0.29, 0.717) is 0 Å². The molecule has 0 amide bonds. The van der Waals surface area contributed by atoms with Gasteiger partial charge >= 0.3 is 11.9 Å². The van der Waals surface area contributed by atoms with Crippen LogP contribution in [0, 0.1) is 11.8 Å². The zero-order valence-electron chi connectivity index (χ0n) is 18.7. The fraction of sp³-hybridized carbons (Fsp3) is 0.333. The Bertz CT molecular complexity index is 1030. The van der Waals surface area contributed by atoms with Gasteiger partial charge in [0.05, 0.1) is 43.1 Å². The fourth-order valence-corrected chi connectivity index (χ4v) is 3.69. The zero-order chi connectivity index (χ0) is 25.7. The summed E-state index contributed by atoms with van der Waals surface area (Å²) in [4.78, 5) is 60.2. The van der Waals surface area contributed by atoms with E-state index in [1.807, 2.05) is 0 Å². The number of hydrogen-bond donors (Lipinski definition) is 0. The van der Waals surface area contributed by atoms with Gasteiger partial charge in [-0.25, -0.2) is 19.4 Å². The van der Waals surface area contributed by atoms with Crippen LogP contribution >= 0.6 is 46.4 Å². The van der Waals surface area contributed by atoms with E-state index in [1.54, 1.807) is 27.7 Å². The Morgan fingerprint density at radius 3 is 1.26 bits per heavy atom. The van der Waals surface area contributed by atoms with Crippen LogP contribution in [0.1, 0.15) is 69.1 Å². The van der Waals surface area contributed by atoms with Crippen LogP contribution in [0.4, 0.5) is 0 Å².